The molecule has 0 saturated carbocycles. The minimum atomic E-state index is -0.638. The van der Waals surface area contributed by atoms with E-state index in [9.17, 15) is 14.4 Å². The molecule has 0 bridgehead atoms. The number of nitrogens with zero attached hydrogens (tertiary/aromatic N) is 1. The topological polar surface area (TPSA) is 99.8 Å². The van der Waals surface area contributed by atoms with Gasteiger partial charge < -0.3 is 20.7 Å². The minimum Gasteiger partial charge on any atom is -0.463 e. The Morgan fingerprint density at radius 1 is 1.18 bits per heavy atom. The van der Waals surface area contributed by atoms with Crippen LogP contribution in [0.5, 0.6) is 0 Å². The third-order valence-corrected chi connectivity index (χ3v) is 6.81. The number of benzene rings is 1. The predicted molar refractivity (Wildman–Crippen MR) is 131 cm³/mol. The van der Waals surface area contributed by atoms with Gasteiger partial charge in [0.25, 0.3) is 0 Å². The van der Waals surface area contributed by atoms with Crippen molar-refractivity contribution in [3.63, 3.8) is 0 Å². The molecule has 0 aliphatic carbocycles. The highest BCUT2D eigenvalue weighted by molar-refractivity contribution is 6.30. The highest BCUT2D eigenvalue weighted by Crippen LogP contribution is 2.30. The fraction of sp³-hybridized carbons (Fsp3) is 0.560. The van der Waals surface area contributed by atoms with Gasteiger partial charge in [-0.1, -0.05) is 37.6 Å². The fourth-order valence-electron chi connectivity index (χ4n) is 4.18. The van der Waals surface area contributed by atoms with Gasteiger partial charge in [0.1, 0.15) is 0 Å². The number of urea groups is 1. The van der Waals surface area contributed by atoms with Gasteiger partial charge in [0, 0.05) is 29.2 Å². The average molecular weight is 491 g/mol. The highest BCUT2D eigenvalue weighted by atomic mass is 35.5. The molecule has 3 rings (SSSR count). The quantitative estimate of drug-likeness (QED) is 0.485. The van der Waals surface area contributed by atoms with Gasteiger partial charge >= 0.3 is 12.0 Å². The van der Waals surface area contributed by atoms with Gasteiger partial charge in [0.15, 0.2) is 0 Å². The maximum absolute atomic E-state index is 12.9. The zero-order valence-electron chi connectivity index (χ0n) is 20.3. The van der Waals surface area contributed by atoms with Crippen LogP contribution in [0.25, 0.3) is 0 Å². The number of halogens is 1. The van der Waals surface area contributed by atoms with Crippen molar-refractivity contribution in [2.45, 2.75) is 52.6 Å². The zero-order valence-corrected chi connectivity index (χ0v) is 21.1. The van der Waals surface area contributed by atoms with Crippen molar-refractivity contribution >= 4 is 29.5 Å². The van der Waals surface area contributed by atoms with E-state index in [4.69, 9.17) is 16.3 Å². The van der Waals surface area contributed by atoms with Crippen molar-refractivity contribution < 1.29 is 19.1 Å². The van der Waals surface area contributed by atoms with Crippen LogP contribution < -0.4 is 16.0 Å². The van der Waals surface area contributed by atoms with Crippen LogP contribution in [0.3, 0.4) is 0 Å². The lowest BCUT2D eigenvalue weighted by atomic mass is 9.93. The van der Waals surface area contributed by atoms with E-state index in [1.54, 1.807) is 31.2 Å². The van der Waals surface area contributed by atoms with E-state index in [0.717, 1.165) is 18.4 Å². The number of piperidine rings is 1. The summed E-state index contributed by atoms with van der Waals surface area (Å²) < 4.78 is 5.33. The molecule has 0 radical (unpaired) electrons. The van der Waals surface area contributed by atoms with Gasteiger partial charge in [0.05, 0.1) is 18.2 Å². The predicted octanol–water partition coefficient (Wildman–Crippen LogP) is 3.38. The molecule has 0 spiro atoms. The molecule has 2 unspecified atom stereocenters. The number of hydrogen-bond acceptors (Lipinski definition) is 5. The first-order valence-corrected chi connectivity index (χ1v) is 12.3. The van der Waals surface area contributed by atoms with Crippen LogP contribution in [0.15, 0.2) is 35.5 Å². The summed E-state index contributed by atoms with van der Waals surface area (Å²) in [6.07, 6.45) is 1.46. The van der Waals surface area contributed by atoms with Crippen molar-refractivity contribution in [1.82, 2.24) is 20.9 Å². The highest BCUT2D eigenvalue weighted by Gasteiger charge is 2.35. The van der Waals surface area contributed by atoms with Crippen LogP contribution in [0, 0.1) is 11.8 Å². The maximum Gasteiger partial charge on any atom is 0.338 e. The summed E-state index contributed by atoms with van der Waals surface area (Å²) in [5.74, 6) is -0.0121. The van der Waals surface area contributed by atoms with Crippen LogP contribution in [0.4, 0.5) is 4.79 Å². The van der Waals surface area contributed by atoms with Crippen molar-refractivity contribution in [2.75, 3.05) is 26.2 Å². The number of likely N-dealkylation sites (tertiary alicyclic amines) is 1. The standard InChI is InChI=1S/C25H35ClN4O4/c1-5-34-24(32)21-20(28-25(33)29-22(21)17-6-8-19(26)9-7-17)14-30-12-10-18(11-13-30)23(31)27-16(4)15(2)3/h6-9,15-16,18,22H,5,10-14H2,1-4H3,(H,27,31)(H2,28,29,33). The molecule has 2 aliphatic heterocycles. The maximum atomic E-state index is 12.9. The van der Waals surface area contributed by atoms with Crippen molar-refractivity contribution in [2.24, 2.45) is 11.8 Å². The lowest BCUT2D eigenvalue weighted by Crippen LogP contribution is -2.50. The number of hydrogen-bond donors (Lipinski definition) is 3. The molecule has 34 heavy (non-hydrogen) atoms. The van der Waals surface area contributed by atoms with E-state index < -0.39 is 12.0 Å². The van der Waals surface area contributed by atoms with E-state index >= 15 is 0 Å². The first-order chi connectivity index (χ1) is 16.2. The van der Waals surface area contributed by atoms with Gasteiger partial charge in [-0.2, -0.15) is 0 Å². The molecule has 1 saturated heterocycles. The summed E-state index contributed by atoms with van der Waals surface area (Å²) in [4.78, 5) is 40.2. The Labute approximate surface area is 206 Å². The Kier molecular flexibility index (Phi) is 8.97. The van der Waals surface area contributed by atoms with Gasteiger partial charge in [-0.15, -0.1) is 0 Å². The van der Waals surface area contributed by atoms with E-state index in [1.165, 1.54) is 0 Å². The Bertz CT molecular complexity index is 923. The summed E-state index contributed by atoms with van der Waals surface area (Å²) in [6, 6.07) is 6.15. The lowest BCUT2D eigenvalue weighted by molar-refractivity contribution is -0.139. The van der Waals surface area contributed by atoms with Crippen molar-refractivity contribution in [1.29, 1.82) is 0 Å². The fourth-order valence-corrected chi connectivity index (χ4v) is 4.31. The molecule has 8 nitrogen and oxygen atoms in total. The first-order valence-electron chi connectivity index (χ1n) is 12.0. The van der Waals surface area contributed by atoms with E-state index in [-0.39, 0.29) is 30.5 Å². The molecular weight excluding hydrogens is 456 g/mol. The first kappa shape index (κ1) is 26.0. The van der Waals surface area contributed by atoms with Crippen LogP contribution in [-0.4, -0.2) is 55.1 Å². The number of carbonyl (C=O) groups is 3. The van der Waals surface area contributed by atoms with Gasteiger partial charge in [-0.3, -0.25) is 9.69 Å². The number of nitrogens with one attached hydrogen (secondary N) is 3. The van der Waals surface area contributed by atoms with E-state index in [2.05, 4.69) is 34.7 Å². The van der Waals surface area contributed by atoms with Gasteiger partial charge in [0.2, 0.25) is 5.91 Å². The molecule has 3 N–H and O–H groups in total. The molecule has 0 aromatic heterocycles. The molecule has 2 atom stereocenters. The molecule has 2 heterocycles. The molecule has 1 aromatic carbocycles. The molecule has 1 fully saturated rings. The largest absolute Gasteiger partial charge is 0.463 e. The number of carbonyl (C=O) groups excluding carboxylic acids is 3. The van der Waals surface area contributed by atoms with Crippen LogP contribution in [0.1, 0.15) is 52.1 Å². The smallest absolute Gasteiger partial charge is 0.338 e. The second-order valence-corrected chi connectivity index (χ2v) is 9.72. The third-order valence-electron chi connectivity index (χ3n) is 6.56. The normalized spacial score (nSPS) is 20.5. The summed E-state index contributed by atoms with van der Waals surface area (Å²) in [7, 11) is 0. The lowest BCUT2D eigenvalue weighted by Gasteiger charge is -2.35. The number of esters is 1. The Morgan fingerprint density at radius 3 is 2.41 bits per heavy atom. The Morgan fingerprint density at radius 2 is 1.82 bits per heavy atom. The average Bonchev–Trinajstić information content (AvgIpc) is 2.79. The summed E-state index contributed by atoms with van der Waals surface area (Å²) in [5, 5.41) is 9.34. The van der Waals surface area contributed by atoms with Crippen LogP contribution >= 0.6 is 11.6 Å². The molecular formula is C25H35ClN4O4. The summed E-state index contributed by atoms with van der Waals surface area (Å²) >= 11 is 6.02. The third kappa shape index (κ3) is 6.51. The van der Waals surface area contributed by atoms with Crippen LogP contribution in [0.2, 0.25) is 5.02 Å². The summed E-state index contributed by atoms with van der Waals surface area (Å²) in [5.41, 5.74) is 1.65. The minimum absolute atomic E-state index is 0.0274. The van der Waals surface area contributed by atoms with Gasteiger partial charge in [-0.05, 0) is 63.4 Å². The monoisotopic (exact) mass is 490 g/mol. The van der Waals surface area contributed by atoms with Crippen LogP contribution in [-0.2, 0) is 14.3 Å². The Balaban J connectivity index is 1.75. The molecule has 186 valence electrons. The molecule has 2 aliphatic rings. The Hall–Kier alpha value is -2.58. The molecule has 1 aromatic rings. The van der Waals surface area contributed by atoms with E-state index in [0.29, 0.717) is 41.8 Å². The molecule has 3 amide bonds. The van der Waals surface area contributed by atoms with Gasteiger partial charge in [-0.25, -0.2) is 9.59 Å². The summed E-state index contributed by atoms with van der Waals surface area (Å²) in [6.45, 7) is 9.97. The second kappa shape index (κ2) is 11.7. The zero-order chi connectivity index (χ0) is 24.8. The van der Waals surface area contributed by atoms with Crippen molar-refractivity contribution in [3.8, 4) is 0 Å². The van der Waals surface area contributed by atoms with E-state index in [1.807, 2.05) is 6.92 Å². The number of rotatable bonds is 8. The van der Waals surface area contributed by atoms with Crippen molar-refractivity contribution in [3.05, 3.63) is 46.1 Å². The number of ether oxygens (including phenoxy) is 1. The molecule has 9 heteroatoms. The SMILES string of the molecule is CCOC(=O)C1=C(CN2CCC(C(=O)NC(C)C(C)C)CC2)NC(=O)NC1c1ccc(Cl)cc1. The second-order valence-electron chi connectivity index (χ2n) is 9.29. The number of amides is 3.